The van der Waals surface area contributed by atoms with Gasteiger partial charge in [-0.25, -0.2) is 4.98 Å². The number of benzene rings is 2. The Morgan fingerprint density at radius 1 is 1.17 bits per heavy atom. The molecule has 0 fully saturated rings. The van der Waals surface area contributed by atoms with E-state index in [1.54, 1.807) is 37.1 Å². The predicted molar refractivity (Wildman–Crippen MR) is 99.1 cm³/mol. The minimum absolute atomic E-state index is 0.218. The number of thioether (sulfide) groups is 1. The molecule has 0 aliphatic rings. The van der Waals surface area contributed by atoms with Gasteiger partial charge in [-0.05, 0) is 24.3 Å². The second-order valence-corrected chi connectivity index (χ2v) is 6.81. The summed E-state index contributed by atoms with van der Waals surface area (Å²) in [5.74, 6) is 1.10. The normalized spacial score (nSPS) is 10.4. The van der Waals surface area contributed by atoms with Gasteiger partial charge in [0, 0.05) is 16.0 Å². The highest BCUT2D eigenvalue weighted by Crippen LogP contribution is 2.26. The molecular formula is C18H16N2O2S2. The van der Waals surface area contributed by atoms with Gasteiger partial charge in [-0.15, -0.1) is 23.1 Å². The quantitative estimate of drug-likeness (QED) is 0.651. The van der Waals surface area contributed by atoms with E-state index >= 15 is 0 Å². The number of aromatic nitrogens is 1. The topological polar surface area (TPSA) is 51.2 Å². The maximum atomic E-state index is 12.4. The van der Waals surface area contributed by atoms with E-state index in [4.69, 9.17) is 4.74 Å². The Kier molecular flexibility index (Phi) is 5.51. The first-order valence-corrected chi connectivity index (χ1v) is 9.19. The Morgan fingerprint density at radius 2 is 1.92 bits per heavy atom. The van der Waals surface area contributed by atoms with E-state index in [-0.39, 0.29) is 5.91 Å². The van der Waals surface area contributed by atoms with Crippen molar-refractivity contribution < 1.29 is 9.53 Å². The highest BCUT2D eigenvalue weighted by atomic mass is 32.2. The first kappa shape index (κ1) is 16.5. The smallest absolute Gasteiger partial charge is 0.261 e. The molecule has 0 bridgehead atoms. The minimum Gasteiger partial charge on any atom is -0.496 e. The number of anilines is 1. The summed E-state index contributed by atoms with van der Waals surface area (Å²) in [5, 5.41) is 5.39. The Labute approximate surface area is 148 Å². The van der Waals surface area contributed by atoms with Crippen molar-refractivity contribution >= 4 is 34.1 Å². The highest BCUT2D eigenvalue weighted by molar-refractivity contribution is 7.98. The van der Waals surface area contributed by atoms with E-state index in [0.29, 0.717) is 16.4 Å². The number of nitrogens with one attached hydrogen (secondary N) is 1. The van der Waals surface area contributed by atoms with Crippen LogP contribution < -0.4 is 10.1 Å². The number of ether oxygens (including phenoxy) is 1. The van der Waals surface area contributed by atoms with Crippen LogP contribution in [0.3, 0.4) is 0 Å². The number of para-hydroxylation sites is 1. The van der Waals surface area contributed by atoms with Gasteiger partial charge < -0.3 is 4.74 Å². The third-order valence-corrected chi connectivity index (χ3v) is 5.11. The van der Waals surface area contributed by atoms with E-state index in [2.05, 4.69) is 22.4 Å². The van der Waals surface area contributed by atoms with Gasteiger partial charge in [0.05, 0.1) is 18.4 Å². The zero-order valence-electron chi connectivity index (χ0n) is 13.1. The largest absolute Gasteiger partial charge is 0.496 e. The molecule has 0 spiro atoms. The summed E-state index contributed by atoms with van der Waals surface area (Å²) in [5.41, 5.74) is 1.44. The number of methoxy groups -OCH3 is 1. The monoisotopic (exact) mass is 356 g/mol. The molecule has 0 atom stereocenters. The van der Waals surface area contributed by atoms with Crippen LogP contribution in [0.2, 0.25) is 0 Å². The molecule has 0 saturated heterocycles. The molecule has 2 aromatic carbocycles. The molecule has 0 aliphatic carbocycles. The summed E-state index contributed by atoms with van der Waals surface area (Å²) in [4.78, 5) is 18.0. The molecule has 1 heterocycles. The van der Waals surface area contributed by atoms with E-state index in [0.717, 1.165) is 11.4 Å². The minimum atomic E-state index is -0.218. The number of thiazole rings is 1. The zero-order valence-corrected chi connectivity index (χ0v) is 14.7. The molecule has 3 rings (SSSR count). The average Bonchev–Trinajstić information content (AvgIpc) is 3.08. The molecule has 0 saturated carbocycles. The molecular weight excluding hydrogens is 340 g/mol. The lowest BCUT2D eigenvalue weighted by Crippen LogP contribution is -2.12. The summed E-state index contributed by atoms with van der Waals surface area (Å²) in [6.45, 7) is 0. The van der Waals surface area contributed by atoms with E-state index in [9.17, 15) is 4.79 Å². The lowest BCUT2D eigenvalue weighted by molar-refractivity contribution is 0.102. The van der Waals surface area contributed by atoms with Gasteiger partial charge in [0.1, 0.15) is 5.75 Å². The Hall–Kier alpha value is -2.31. The van der Waals surface area contributed by atoms with E-state index < -0.39 is 0 Å². The maximum absolute atomic E-state index is 12.4. The van der Waals surface area contributed by atoms with Crippen LogP contribution in [-0.2, 0) is 5.75 Å². The number of hydrogen-bond donors (Lipinski definition) is 1. The van der Waals surface area contributed by atoms with Crippen molar-refractivity contribution in [3.63, 3.8) is 0 Å². The third-order valence-electron chi connectivity index (χ3n) is 3.25. The van der Waals surface area contributed by atoms with Gasteiger partial charge in [0.2, 0.25) is 0 Å². The van der Waals surface area contributed by atoms with Crippen molar-refractivity contribution in [2.24, 2.45) is 0 Å². The fourth-order valence-corrected chi connectivity index (χ4v) is 3.72. The number of carbonyl (C=O) groups excluding carboxylic acids is 1. The van der Waals surface area contributed by atoms with Gasteiger partial charge in [-0.1, -0.05) is 30.3 Å². The second-order valence-electron chi connectivity index (χ2n) is 4.90. The SMILES string of the molecule is COc1ccccc1C(=O)Nc1nc(CSc2ccccc2)cs1. The summed E-state index contributed by atoms with van der Waals surface area (Å²) in [6.07, 6.45) is 0. The molecule has 0 unspecified atom stereocenters. The Bertz CT molecular complexity index is 819. The lowest BCUT2D eigenvalue weighted by Gasteiger charge is -2.07. The average molecular weight is 356 g/mol. The van der Waals surface area contributed by atoms with Gasteiger partial charge in [-0.2, -0.15) is 0 Å². The van der Waals surface area contributed by atoms with E-state index in [1.165, 1.54) is 16.2 Å². The van der Waals surface area contributed by atoms with E-state index in [1.807, 2.05) is 29.6 Å². The van der Waals surface area contributed by atoms with Gasteiger partial charge in [0.15, 0.2) is 5.13 Å². The summed E-state index contributed by atoms with van der Waals surface area (Å²) in [6, 6.07) is 17.3. The molecule has 122 valence electrons. The molecule has 0 radical (unpaired) electrons. The van der Waals surface area contributed by atoms with Gasteiger partial charge >= 0.3 is 0 Å². The van der Waals surface area contributed by atoms with Crippen LogP contribution in [-0.4, -0.2) is 18.0 Å². The third kappa shape index (κ3) is 4.15. The molecule has 0 aliphatic heterocycles. The summed E-state index contributed by atoms with van der Waals surface area (Å²) >= 11 is 3.14. The van der Waals surface area contributed by atoms with Crippen molar-refractivity contribution in [1.82, 2.24) is 4.98 Å². The molecule has 1 aromatic heterocycles. The fraction of sp³-hybridized carbons (Fsp3) is 0.111. The molecule has 24 heavy (non-hydrogen) atoms. The Balaban J connectivity index is 1.62. The van der Waals surface area contributed by atoms with Crippen LogP contribution in [0, 0.1) is 0 Å². The number of hydrogen-bond acceptors (Lipinski definition) is 5. The zero-order chi connectivity index (χ0) is 16.8. The van der Waals surface area contributed by atoms with Gasteiger partial charge in [-0.3, -0.25) is 10.1 Å². The van der Waals surface area contributed by atoms with Crippen molar-refractivity contribution in [3.8, 4) is 5.75 Å². The van der Waals surface area contributed by atoms with Crippen molar-refractivity contribution in [2.75, 3.05) is 12.4 Å². The van der Waals surface area contributed by atoms with Gasteiger partial charge in [0.25, 0.3) is 5.91 Å². The number of nitrogens with zero attached hydrogens (tertiary/aromatic N) is 1. The number of carbonyl (C=O) groups is 1. The van der Waals surface area contributed by atoms with Crippen molar-refractivity contribution in [2.45, 2.75) is 10.6 Å². The van der Waals surface area contributed by atoms with Crippen LogP contribution in [0.15, 0.2) is 64.9 Å². The van der Waals surface area contributed by atoms with Crippen LogP contribution in [0.5, 0.6) is 5.75 Å². The fourth-order valence-electron chi connectivity index (χ4n) is 2.10. The lowest BCUT2D eigenvalue weighted by atomic mass is 10.2. The molecule has 1 amide bonds. The Morgan fingerprint density at radius 3 is 2.71 bits per heavy atom. The van der Waals surface area contributed by atoms with Crippen LogP contribution in [0.25, 0.3) is 0 Å². The molecule has 1 N–H and O–H groups in total. The van der Waals surface area contributed by atoms with Crippen molar-refractivity contribution in [1.29, 1.82) is 0 Å². The van der Waals surface area contributed by atoms with Crippen LogP contribution in [0.4, 0.5) is 5.13 Å². The van der Waals surface area contributed by atoms with Crippen molar-refractivity contribution in [3.05, 3.63) is 71.2 Å². The molecule has 4 nitrogen and oxygen atoms in total. The standard InChI is InChI=1S/C18H16N2O2S2/c1-22-16-10-6-5-9-15(16)17(21)20-18-19-13(12-24-18)11-23-14-7-3-2-4-8-14/h2-10,12H,11H2,1H3,(H,19,20,21). The van der Waals surface area contributed by atoms with Crippen LogP contribution >= 0.6 is 23.1 Å². The first-order chi connectivity index (χ1) is 11.8. The predicted octanol–water partition coefficient (Wildman–Crippen LogP) is 4.70. The number of amides is 1. The van der Waals surface area contributed by atoms with Crippen LogP contribution in [0.1, 0.15) is 16.1 Å². The first-order valence-electron chi connectivity index (χ1n) is 7.33. The highest BCUT2D eigenvalue weighted by Gasteiger charge is 2.13. The second kappa shape index (κ2) is 7.99. The maximum Gasteiger partial charge on any atom is 0.261 e. The summed E-state index contributed by atoms with van der Waals surface area (Å²) in [7, 11) is 1.55. The molecule has 3 aromatic rings. The number of rotatable bonds is 6. The summed E-state index contributed by atoms with van der Waals surface area (Å²) < 4.78 is 5.22. The molecule has 6 heteroatoms.